The van der Waals surface area contributed by atoms with Crippen LogP contribution in [0, 0.1) is 13.8 Å². The number of methoxy groups -OCH3 is 1. The van der Waals surface area contributed by atoms with Crippen molar-refractivity contribution in [1.82, 2.24) is 19.0 Å². The number of nitrogens with zero attached hydrogens (tertiary/aromatic N) is 4. The molecule has 9 nitrogen and oxygen atoms in total. The molecule has 0 aromatic heterocycles. The lowest BCUT2D eigenvalue weighted by Gasteiger charge is -2.43. The Balaban J connectivity index is 1.49. The van der Waals surface area contributed by atoms with E-state index in [1.807, 2.05) is 18.9 Å². The monoisotopic (exact) mass is 552 g/mol. The summed E-state index contributed by atoms with van der Waals surface area (Å²) in [6.07, 6.45) is 4.37. The number of carbonyl (C=O) groups excluding carboxylic acids is 1. The highest BCUT2D eigenvalue weighted by Gasteiger charge is 2.32. The van der Waals surface area contributed by atoms with Gasteiger partial charge < -0.3 is 19.3 Å². The molecule has 1 aromatic carbocycles. The molecule has 0 spiro atoms. The molecule has 2 aliphatic rings. The summed E-state index contributed by atoms with van der Waals surface area (Å²) in [6, 6.07) is 4.24. The van der Waals surface area contributed by atoms with Gasteiger partial charge in [0, 0.05) is 58.4 Å². The van der Waals surface area contributed by atoms with Crippen LogP contribution in [0.1, 0.15) is 50.7 Å². The van der Waals surface area contributed by atoms with Crippen LogP contribution < -0.4 is 4.74 Å². The molecular formula is C28H48N4O5S. The van der Waals surface area contributed by atoms with Gasteiger partial charge in [-0.05, 0) is 69.3 Å². The largest absolute Gasteiger partial charge is 0.497 e. The molecular weight excluding hydrogens is 504 g/mol. The first-order valence-corrected chi connectivity index (χ1v) is 15.5. The van der Waals surface area contributed by atoms with Crippen molar-refractivity contribution in [2.75, 3.05) is 73.2 Å². The molecule has 1 unspecified atom stereocenters. The minimum absolute atomic E-state index is 0.0367. The summed E-state index contributed by atoms with van der Waals surface area (Å²) < 4.78 is 39.2. The fraction of sp³-hybridized carbons (Fsp3) is 0.750. The number of likely N-dealkylation sites (N-methyl/N-ethyl adjacent to an activating group) is 3. The van der Waals surface area contributed by atoms with E-state index in [1.165, 1.54) is 10.7 Å². The van der Waals surface area contributed by atoms with Gasteiger partial charge in [-0.2, -0.15) is 4.31 Å². The molecule has 3 rings (SSSR count). The van der Waals surface area contributed by atoms with Crippen molar-refractivity contribution in [2.24, 2.45) is 0 Å². The first-order valence-electron chi connectivity index (χ1n) is 14.1. The molecule has 1 aliphatic carbocycles. The van der Waals surface area contributed by atoms with Crippen molar-refractivity contribution in [1.29, 1.82) is 0 Å². The van der Waals surface area contributed by atoms with Crippen LogP contribution >= 0.6 is 0 Å². The van der Waals surface area contributed by atoms with Crippen molar-refractivity contribution in [3.8, 4) is 5.75 Å². The lowest BCUT2D eigenvalue weighted by molar-refractivity contribution is -0.138. The Morgan fingerprint density at radius 3 is 2.32 bits per heavy atom. The molecule has 1 saturated carbocycles. The third kappa shape index (κ3) is 7.47. The zero-order valence-corrected chi connectivity index (χ0v) is 25.1. The number of benzene rings is 1. The Hall–Kier alpha value is -1.72. The average Bonchev–Trinajstić information content (AvgIpc) is 2.91. The van der Waals surface area contributed by atoms with E-state index in [2.05, 4.69) is 16.7 Å². The number of hydrogen-bond acceptors (Lipinski definition) is 7. The number of rotatable bonds is 12. The molecule has 2 atom stereocenters. The number of amides is 1. The number of aryl methyl sites for hydroxylation is 2. The lowest BCUT2D eigenvalue weighted by atomic mass is 9.88. The lowest BCUT2D eigenvalue weighted by Crippen LogP contribution is -2.53. The highest BCUT2D eigenvalue weighted by molar-refractivity contribution is 7.89. The highest BCUT2D eigenvalue weighted by atomic mass is 32.2. The van der Waals surface area contributed by atoms with E-state index in [0.717, 1.165) is 52.0 Å². The number of carbonyl (C=O) groups is 1. The molecule has 216 valence electrons. The zero-order chi connectivity index (χ0) is 27.9. The van der Waals surface area contributed by atoms with Crippen molar-refractivity contribution in [3.05, 3.63) is 23.3 Å². The average molecular weight is 553 g/mol. The fourth-order valence-electron chi connectivity index (χ4n) is 5.91. The Morgan fingerprint density at radius 2 is 1.74 bits per heavy atom. The second-order valence-electron chi connectivity index (χ2n) is 10.6. The maximum absolute atomic E-state index is 13.4. The first kappa shape index (κ1) is 30.8. The molecule has 2 fully saturated rings. The van der Waals surface area contributed by atoms with Crippen LogP contribution in [0.25, 0.3) is 0 Å². The van der Waals surface area contributed by atoms with Gasteiger partial charge >= 0.3 is 0 Å². The number of hydrogen-bond donors (Lipinski definition) is 0. The predicted molar refractivity (Wildman–Crippen MR) is 150 cm³/mol. The van der Waals surface area contributed by atoms with Gasteiger partial charge in [-0.15, -0.1) is 0 Å². The van der Waals surface area contributed by atoms with Crippen LogP contribution in [-0.4, -0.2) is 119 Å². The second-order valence-corrected chi connectivity index (χ2v) is 12.5. The van der Waals surface area contributed by atoms with Gasteiger partial charge in [0.2, 0.25) is 15.9 Å². The van der Waals surface area contributed by atoms with Gasteiger partial charge in [-0.25, -0.2) is 8.42 Å². The topological polar surface area (TPSA) is 82.6 Å². The van der Waals surface area contributed by atoms with E-state index in [9.17, 15) is 13.2 Å². The molecule has 1 aliphatic heterocycles. The van der Waals surface area contributed by atoms with Crippen LogP contribution in [0.4, 0.5) is 0 Å². The zero-order valence-electron chi connectivity index (χ0n) is 24.2. The molecule has 1 aromatic rings. The molecule has 38 heavy (non-hydrogen) atoms. The molecule has 10 heteroatoms. The summed E-state index contributed by atoms with van der Waals surface area (Å²) in [5, 5.41) is 0. The summed E-state index contributed by atoms with van der Waals surface area (Å²) in [5.74, 6) is 0.593. The van der Waals surface area contributed by atoms with Crippen LogP contribution in [0.15, 0.2) is 17.0 Å². The SMILES string of the molecule is CCN1CCN(C2CCC[C@H](N(C)C(=O)COCCN(CC)S(=O)(=O)c3c(C)cc(OC)cc3C)C2)CC1. The number of sulfonamides is 1. The van der Waals surface area contributed by atoms with Gasteiger partial charge in [-0.1, -0.05) is 13.8 Å². The van der Waals surface area contributed by atoms with Crippen LogP contribution in [-0.2, 0) is 19.6 Å². The van der Waals surface area contributed by atoms with Gasteiger partial charge in [0.05, 0.1) is 18.6 Å². The predicted octanol–water partition coefficient (Wildman–Crippen LogP) is 2.75. The van der Waals surface area contributed by atoms with Crippen molar-refractivity contribution < 1.29 is 22.7 Å². The molecule has 0 N–H and O–H groups in total. The summed E-state index contributed by atoms with van der Waals surface area (Å²) in [4.78, 5) is 20.2. The van der Waals surface area contributed by atoms with Crippen molar-refractivity contribution in [2.45, 2.75) is 70.4 Å². The summed E-state index contributed by atoms with van der Waals surface area (Å²) in [6.45, 7) is 13.8. The molecule has 0 radical (unpaired) electrons. The second kappa shape index (κ2) is 14.1. The normalized spacial score (nSPS) is 21.6. The Labute approximate surface area is 230 Å². The third-order valence-corrected chi connectivity index (χ3v) is 10.5. The van der Waals surface area contributed by atoms with Crippen LogP contribution in [0.2, 0.25) is 0 Å². The smallest absolute Gasteiger partial charge is 0.248 e. The van der Waals surface area contributed by atoms with Gasteiger partial charge in [0.15, 0.2) is 0 Å². The quantitative estimate of drug-likeness (QED) is 0.369. The third-order valence-electron chi connectivity index (χ3n) is 8.26. The van der Waals surface area contributed by atoms with Gasteiger partial charge in [0.25, 0.3) is 0 Å². The number of ether oxygens (including phenoxy) is 2. The van der Waals surface area contributed by atoms with E-state index in [0.29, 0.717) is 34.4 Å². The number of piperazine rings is 1. The Bertz CT molecular complexity index is 1000. The Morgan fingerprint density at radius 1 is 1.08 bits per heavy atom. The summed E-state index contributed by atoms with van der Waals surface area (Å²) >= 11 is 0. The van der Waals surface area contributed by atoms with E-state index in [-0.39, 0.29) is 31.7 Å². The molecule has 1 saturated heterocycles. The van der Waals surface area contributed by atoms with E-state index in [4.69, 9.17) is 9.47 Å². The fourth-order valence-corrected chi connectivity index (χ4v) is 7.76. The molecule has 0 bridgehead atoms. The summed E-state index contributed by atoms with van der Waals surface area (Å²) in [7, 11) is -0.251. The Kier molecular flexibility index (Phi) is 11.4. The van der Waals surface area contributed by atoms with E-state index >= 15 is 0 Å². The maximum atomic E-state index is 13.4. The molecule has 1 amide bonds. The van der Waals surface area contributed by atoms with E-state index < -0.39 is 10.0 Å². The van der Waals surface area contributed by atoms with Gasteiger partial charge in [-0.3, -0.25) is 9.69 Å². The minimum Gasteiger partial charge on any atom is -0.497 e. The van der Waals surface area contributed by atoms with E-state index in [1.54, 1.807) is 33.1 Å². The van der Waals surface area contributed by atoms with Gasteiger partial charge in [0.1, 0.15) is 12.4 Å². The minimum atomic E-state index is -3.70. The standard InChI is InChI=1S/C28H48N4O5S/c1-7-30-12-14-31(15-13-30)25-11-9-10-24(20-25)29(5)27(33)21-37-17-16-32(8-2)38(34,35)28-22(3)18-26(36-6)19-23(28)4/h18-19,24-25H,7-17,20-21H2,1-6H3/t24-,25?/m0/s1. The van der Waals surface area contributed by atoms with Crippen LogP contribution in [0.3, 0.4) is 0 Å². The molecule has 1 heterocycles. The highest BCUT2D eigenvalue weighted by Crippen LogP contribution is 2.29. The summed E-state index contributed by atoms with van der Waals surface area (Å²) in [5.41, 5.74) is 1.30. The van der Waals surface area contributed by atoms with Crippen molar-refractivity contribution >= 4 is 15.9 Å². The van der Waals surface area contributed by atoms with Crippen molar-refractivity contribution in [3.63, 3.8) is 0 Å². The maximum Gasteiger partial charge on any atom is 0.248 e. The first-order chi connectivity index (χ1) is 18.1. The van der Waals surface area contributed by atoms with Crippen LogP contribution in [0.5, 0.6) is 5.75 Å².